The Hall–Kier alpha value is -2.14. The lowest BCUT2D eigenvalue weighted by Crippen LogP contribution is -2.37. The van der Waals surface area contributed by atoms with E-state index in [1.165, 1.54) is 12.1 Å². The van der Waals surface area contributed by atoms with Crippen LogP contribution < -0.4 is 10.1 Å². The van der Waals surface area contributed by atoms with Gasteiger partial charge in [-0.3, -0.25) is 9.78 Å². The summed E-state index contributed by atoms with van der Waals surface area (Å²) in [5.41, 5.74) is 1.13. The van der Waals surface area contributed by atoms with Gasteiger partial charge in [0.1, 0.15) is 11.6 Å². The molecule has 0 saturated carbocycles. The Morgan fingerprint density at radius 2 is 2.26 bits per heavy atom. The summed E-state index contributed by atoms with van der Waals surface area (Å²) < 4.78 is 18.4. The van der Waals surface area contributed by atoms with Crippen molar-refractivity contribution in [3.63, 3.8) is 0 Å². The molecule has 1 atom stereocenters. The van der Waals surface area contributed by atoms with E-state index in [4.69, 9.17) is 16.3 Å². The fraction of sp³-hybridized carbons (Fsp3) is 0.294. The van der Waals surface area contributed by atoms with Crippen molar-refractivity contribution in [1.29, 1.82) is 0 Å². The van der Waals surface area contributed by atoms with Crippen molar-refractivity contribution in [2.45, 2.75) is 25.9 Å². The van der Waals surface area contributed by atoms with Crippen LogP contribution in [0.4, 0.5) is 4.39 Å². The standard InChI is InChI=1S/C17H18ClFN2O2/c1-12(23-16-7-6-14(19)10-15(16)18)17(22)21-9-3-5-13-4-2-8-20-11-13/h2,4,6-8,10-12H,3,5,9H2,1H3,(H,21,22)/t12-/m1/s1. The van der Waals surface area contributed by atoms with E-state index in [0.717, 1.165) is 24.5 Å². The number of pyridine rings is 1. The van der Waals surface area contributed by atoms with E-state index in [1.807, 2.05) is 18.3 Å². The molecule has 0 bridgehead atoms. The van der Waals surface area contributed by atoms with Gasteiger partial charge in [0.2, 0.25) is 0 Å². The molecule has 122 valence electrons. The van der Waals surface area contributed by atoms with E-state index in [-0.39, 0.29) is 16.7 Å². The van der Waals surface area contributed by atoms with Crippen molar-refractivity contribution >= 4 is 17.5 Å². The average molecular weight is 337 g/mol. The number of benzene rings is 1. The normalized spacial score (nSPS) is 11.8. The second-order valence-corrected chi connectivity index (χ2v) is 5.50. The predicted molar refractivity (Wildman–Crippen MR) is 87.1 cm³/mol. The van der Waals surface area contributed by atoms with Gasteiger partial charge in [-0.05, 0) is 49.6 Å². The Labute approximate surface area is 139 Å². The van der Waals surface area contributed by atoms with Crippen LogP contribution in [0.3, 0.4) is 0 Å². The van der Waals surface area contributed by atoms with Gasteiger partial charge in [0.05, 0.1) is 5.02 Å². The maximum atomic E-state index is 13.0. The van der Waals surface area contributed by atoms with Crippen LogP contribution in [0.25, 0.3) is 0 Å². The smallest absolute Gasteiger partial charge is 0.260 e. The van der Waals surface area contributed by atoms with Crippen molar-refractivity contribution in [1.82, 2.24) is 10.3 Å². The van der Waals surface area contributed by atoms with Gasteiger partial charge in [-0.2, -0.15) is 0 Å². The maximum absolute atomic E-state index is 13.0. The van der Waals surface area contributed by atoms with Gasteiger partial charge in [0.15, 0.2) is 6.10 Å². The lowest BCUT2D eigenvalue weighted by molar-refractivity contribution is -0.127. The Bertz CT molecular complexity index is 652. The number of ether oxygens (including phenoxy) is 1. The van der Waals surface area contributed by atoms with Crippen molar-refractivity contribution in [2.75, 3.05) is 6.54 Å². The molecule has 0 aliphatic carbocycles. The molecule has 0 unspecified atom stereocenters. The predicted octanol–water partition coefficient (Wildman–Crippen LogP) is 3.39. The van der Waals surface area contributed by atoms with Crippen LogP contribution in [0.2, 0.25) is 5.02 Å². The maximum Gasteiger partial charge on any atom is 0.260 e. The topological polar surface area (TPSA) is 51.2 Å². The molecule has 0 radical (unpaired) electrons. The van der Waals surface area contributed by atoms with Crippen molar-refractivity contribution < 1.29 is 13.9 Å². The largest absolute Gasteiger partial charge is 0.479 e. The molecule has 2 rings (SSSR count). The fourth-order valence-corrected chi connectivity index (χ4v) is 2.22. The van der Waals surface area contributed by atoms with Gasteiger partial charge in [-0.1, -0.05) is 17.7 Å². The number of carbonyl (C=O) groups is 1. The summed E-state index contributed by atoms with van der Waals surface area (Å²) >= 11 is 5.87. The first kappa shape index (κ1) is 17.2. The molecular formula is C17H18ClFN2O2. The molecule has 1 aromatic heterocycles. The number of hydrogen-bond donors (Lipinski definition) is 1. The van der Waals surface area contributed by atoms with Gasteiger partial charge in [-0.25, -0.2) is 4.39 Å². The summed E-state index contributed by atoms with van der Waals surface area (Å²) in [5.74, 6) is -0.405. The van der Waals surface area contributed by atoms with E-state index < -0.39 is 11.9 Å². The number of amides is 1. The second kappa shape index (κ2) is 8.48. The molecule has 0 aliphatic rings. The van der Waals surface area contributed by atoms with Crippen molar-refractivity contribution in [3.8, 4) is 5.75 Å². The molecule has 0 saturated heterocycles. The molecule has 0 aliphatic heterocycles. The molecule has 2 aromatic rings. The molecule has 4 nitrogen and oxygen atoms in total. The quantitative estimate of drug-likeness (QED) is 0.788. The van der Waals surface area contributed by atoms with Crippen LogP contribution in [0, 0.1) is 5.82 Å². The van der Waals surface area contributed by atoms with Gasteiger partial charge in [-0.15, -0.1) is 0 Å². The fourth-order valence-electron chi connectivity index (χ4n) is 2.01. The molecule has 1 aromatic carbocycles. The first-order valence-electron chi connectivity index (χ1n) is 7.34. The zero-order chi connectivity index (χ0) is 16.7. The van der Waals surface area contributed by atoms with Crippen LogP contribution in [-0.2, 0) is 11.2 Å². The molecule has 6 heteroatoms. The first-order valence-corrected chi connectivity index (χ1v) is 7.72. The van der Waals surface area contributed by atoms with Gasteiger partial charge >= 0.3 is 0 Å². The molecule has 1 N–H and O–H groups in total. The highest BCUT2D eigenvalue weighted by molar-refractivity contribution is 6.32. The van der Waals surface area contributed by atoms with Crippen LogP contribution in [0.5, 0.6) is 5.75 Å². The Balaban J connectivity index is 1.74. The summed E-state index contributed by atoms with van der Waals surface area (Å²) in [7, 11) is 0. The number of aryl methyl sites for hydroxylation is 1. The number of nitrogens with zero attached hydrogens (tertiary/aromatic N) is 1. The summed E-state index contributed by atoms with van der Waals surface area (Å²) in [6, 6.07) is 7.67. The Morgan fingerprint density at radius 1 is 1.43 bits per heavy atom. The molecule has 1 heterocycles. The van der Waals surface area contributed by atoms with Gasteiger partial charge in [0, 0.05) is 18.9 Å². The monoisotopic (exact) mass is 336 g/mol. The third-order valence-corrected chi connectivity index (χ3v) is 3.53. The number of carbonyl (C=O) groups excluding carboxylic acids is 1. The van der Waals surface area contributed by atoms with E-state index in [0.29, 0.717) is 6.54 Å². The van der Waals surface area contributed by atoms with E-state index in [2.05, 4.69) is 10.3 Å². The lowest BCUT2D eigenvalue weighted by Gasteiger charge is -2.15. The number of aromatic nitrogens is 1. The first-order chi connectivity index (χ1) is 11.1. The van der Waals surface area contributed by atoms with E-state index in [9.17, 15) is 9.18 Å². The number of halogens is 2. The third-order valence-electron chi connectivity index (χ3n) is 3.23. The summed E-state index contributed by atoms with van der Waals surface area (Å²) in [6.07, 6.45) is 4.47. The molecular weight excluding hydrogens is 319 g/mol. The molecule has 0 fully saturated rings. The van der Waals surface area contributed by atoms with Crippen molar-refractivity contribution in [3.05, 3.63) is 59.1 Å². The highest BCUT2D eigenvalue weighted by Gasteiger charge is 2.15. The van der Waals surface area contributed by atoms with E-state index in [1.54, 1.807) is 13.1 Å². The molecule has 1 amide bonds. The highest BCUT2D eigenvalue weighted by Crippen LogP contribution is 2.25. The van der Waals surface area contributed by atoms with E-state index >= 15 is 0 Å². The Kier molecular flexibility index (Phi) is 6.35. The second-order valence-electron chi connectivity index (χ2n) is 5.09. The molecule has 0 spiro atoms. The lowest BCUT2D eigenvalue weighted by atomic mass is 10.1. The van der Waals surface area contributed by atoms with Crippen LogP contribution in [-0.4, -0.2) is 23.5 Å². The minimum atomic E-state index is -0.712. The minimum Gasteiger partial charge on any atom is -0.479 e. The Morgan fingerprint density at radius 3 is 2.96 bits per heavy atom. The average Bonchev–Trinajstić information content (AvgIpc) is 2.55. The number of rotatable bonds is 7. The SMILES string of the molecule is C[C@@H](Oc1ccc(F)cc1Cl)C(=O)NCCCc1cccnc1. The van der Waals surface area contributed by atoms with Crippen LogP contribution >= 0.6 is 11.6 Å². The zero-order valence-electron chi connectivity index (χ0n) is 12.8. The van der Waals surface area contributed by atoms with Crippen LogP contribution in [0.15, 0.2) is 42.7 Å². The summed E-state index contributed by atoms with van der Waals surface area (Å²) in [6.45, 7) is 2.16. The third kappa shape index (κ3) is 5.53. The summed E-state index contributed by atoms with van der Waals surface area (Å²) in [5, 5.41) is 2.94. The number of nitrogens with one attached hydrogen (secondary N) is 1. The highest BCUT2D eigenvalue weighted by atomic mass is 35.5. The number of hydrogen-bond acceptors (Lipinski definition) is 3. The van der Waals surface area contributed by atoms with Gasteiger partial charge in [0.25, 0.3) is 5.91 Å². The molecule has 23 heavy (non-hydrogen) atoms. The zero-order valence-corrected chi connectivity index (χ0v) is 13.5. The van der Waals surface area contributed by atoms with Crippen LogP contribution in [0.1, 0.15) is 18.9 Å². The van der Waals surface area contributed by atoms with Crippen molar-refractivity contribution in [2.24, 2.45) is 0 Å². The van der Waals surface area contributed by atoms with Gasteiger partial charge < -0.3 is 10.1 Å². The minimum absolute atomic E-state index is 0.140. The summed E-state index contributed by atoms with van der Waals surface area (Å²) in [4.78, 5) is 16.0.